The van der Waals surface area contributed by atoms with Crippen molar-refractivity contribution in [2.24, 2.45) is 0 Å². The summed E-state index contributed by atoms with van der Waals surface area (Å²) in [6.45, 7) is 0.880. The molecule has 152 valence electrons. The zero-order valence-corrected chi connectivity index (χ0v) is 18.1. The fourth-order valence-corrected chi connectivity index (χ4v) is 5.67. The van der Waals surface area contributed by atoms with Gasteiger partial charge >= 0.3 is 0 Å². The summed E-state index contributed by atoms with van der Waals surface area (Å²) in [7, 11) is -3.80. The van der Waals surface area contributed by atoms with Crippen molar-refractivity contribution in [1.82, 2.24) is 14.2 Å². The van der Waals surface area contributed by atoms with Gasteiger partial charge in [-0.2, -0.15) is 4.31 Å². The quantitative estimate of drug-likeness (QED) is 0.618. The van der Waals surface area contributed by atoms with E-state index in [-0.39, 0.29) is 42.0 Å². The lowest BCUT2D eigenvalue weighted by Crippen LogP contribution is -2.50. The number of sulfonamides is 1. The molecule has 0 bridgehead atoms. The van der Waals surface area contributed by atoms with Crippen LogP contribution in [0.15, 0.2) is 47.4 Å². The van der Waals surface area contributed by atoms with E-state index < -0.39 is 10.0 Å². The number of piperazine rings is 1. The summed E-state index contributed by atoms with van der Waals surface area (Å²) < 4.78 is 27.2. The molecule has 6 nitrogen and oxygen atoms in total. The van der Waals surface area contributed by atoms with Crippen LogP contribution in [0.5, 0.6) is 0 Å². The Morgan fingerprint density at radius 1 is 0.897 bits per heavy atom. The molecule has 1 saturated heterocycles. The Bertz CT molecular complexity index is 1200. The minimum atomic E-state index is -3.80. The highest BCUT2D eigenvalue weighted by Gasteiger charge is 2.32. The SMILES string of the molecule is O=C(c1cc2cc(Cl)ccc2[nH]1)N1CCN(S(=O)(=O)c2cc(Cl)ccc2Cl)CC1. The first kappa shape index (κ1) is 20.5. The van der Waals surface area contributed by atoms with Crippen LogP contribution in [0.4, 0.5) is 0 Å². The Balaban J connectivity index is 1.49. The van der Waals surface area contributed by atoms with Crippen molar-refractivity contribution in [3.63, 3.8) is 0 Å². The fraction of sp³-hybridized carbons (Fsp3) is 0.211. The molecule has 0 radical (unpaired) electrons. The number of aromatic amines is 1. The van der Waals surface area contributed by atoms with Crippen molar-refractivity contribution in [3.8, 4) is 0 Å². The van der Waals surface area contributed by atoms with Gasteiger partial charge in [0, 0.05) is 47.1 Å². The third-order valence-electron chi connectivity index (χ3n) is 4.85. The zero-order valence-electron chi connectivity index (χ0n) is 15.0. The van der Waals surface area contributed by atoms with Crippen molar-refractivity contribution >= 4 is 61.6 Å². The van der Waals surface area contributed by atoms with Crippen LogP contribution in [-0.4, -0.2) is 54.7 Å². The van der Waals surface area contributed by atoms with Gasteiger partial charge in [-0.1, -0.05) is 34.8 Å². The van der Waals surface area contributed by atoms with Crippen LogP contribution < -0.4 is 0 Å². The molecule has 1 amide bonds. The molecule has 1 fully saturated rings. The third kappa shape index (κ3) is 3.98. The summed E-state index contributed by atoms with van der Waals surface area (Å²) >= 11 is 18.0. The highest BCUT2D eigenvalue weighted by Crippen LogP contribution is 2.28. The maximum absolute atomic E-state index is 12.9. The Morgan fingerprint density at radius 3 is 2.28 bits per heavy atom. The average Bonchev–Trinajstić information content (AvgIpc) is 3.12. The van der Waals surface area contributed by atoms with Crippen LogP contribution in [0, 0.1) is 0 Å². The molecule has 2 aromatic carbocycles. The Labute approximate surface area is 183 Å². The molecule has 10 heteroatoms. The maximum atomic E-state index is 12.9. The van der Waals surface area contributed by atoms with Gasteiger partial charge in [0.1, 0.15) is 10.6 Å². The number of halogens is 3. The van der Waals surface area contributed by atoms with Gasteiger partial charge in [-0.05, 0) is 42.5 Å². The van der Waals surface area contributed by atoms with Gasteiger partial charge in [0.15, 0.2) is 0 Å². The van der Waals surface area contributed by atoms with Crippen LogP contribution in [-0.2, 0) is 10.0 Å². The fourth-order valence-electron chi connectivity index (χ4n) is 3.33. The Hall–Kier alpha value is -1.77. The van der Waals surface area contributed by atoms with Gasteiger partial charge in [-0.3, -0.25) is 4.79 Å². The van der Waals surface area contributed by atoms with E-state index in [0.29, 0.717) is 15.7 Å². The number of fused-ring (bicyclic) bond motifs is 1. The molecular weight excluding hydrogens is 457 g/mol. The van der Waals surface area contributed by atoms with Crippen LogP contribution in [0.2, 0.25) is 15.1 Å². The highest BCUT2D eigenvalue weighted by atomic mass is 35.5. The minimum absolute atomic E-state index is 0.0288. The normalized spacial score (nSPS) is 15.8. The first-order chi connectivity index (χ1) is 13.8. The molecule has 2 heterocycles. The summed E-state index contributed by atoms with van der Waals surface area (Å²) in [6, 6.07) is 11.4. The number of hydrogen-bond acceptors (Lipinski definition) is 3. The lowest BCUT2D eigenvalue weighted by atomic mass is 10.2. The molecule has 0 atom stereocenters. The summed E-state index contributed by atoms with van der Waals surface area (Å²) in [5.74, 6) is -0.185. The van der Waals surface area contributed by atoms with E-state index in [1.165, 1.54) is 22.5 Å². The largest absolute Gasteiger partial charge is 0.351 e. The van der Waals surface area contributed by atoms with Crippen molar-refractivity contribution in [2.45, 2.75) is 4.90 Å². The predicted molar refractivity (Wildman–Crippen MR) is 114 cm³/mol. The lowest BCUT2D eigenvalue weighted by Gasteiger charge is -2.34. The summed E-state index contributed by atoms with van der Waals surface area (Å²) in [5, 5.41) is 1.84. The van der Waals surface area contributed by atoms with E-state index in [1.54, 1.807) is 23.1 Å². The molecular formula is C19H16Cl3N3O3S. The molecule has 0 aliphatic carbocycles. The lowest BCUT2D eigenvalue weighted by molar-refractivity contribution is 0.0693. The molecule has 1 aliphatic heterocycles. The standard InChI is InChI=1S/C19H16Cl3N3O3S/c20-13-2-4-16-12(9-13)10-17(23-16)19(26)24-5-7-25(8-6-24)29(27,28)18-11-14(21)1-3-15(18)22/h1-4,9-11,23H,5-8H2. The number of nitrogens with zero attached hydrogens (tertiary/aromatic N) is 2. The number of H-pyrrole nitrogens is 1. The van der Waals surface area contributed by atoms with Crippen molar-refractivity contribution in [2.75, 3.05) is 26.2 Å². The number of carbonyl (C=O) groups is 1. The van der Waals surface area contributed by atoms with Crippen LogP contribution in [0.1, 0.15) is 10.5 Å². The van der Waals surface area contributed by atoms with E-state index >= 15 is 0 Å². The van der Waals surface area contributed by atoms with Crippen molar-refractivity contribution < 1.29 is 13.2 Å². The van der Waals surface area contributed by atoms with Crippen molar-refractivity contribution in [1.29, 1.82) is 0 Å². The van der Waals surface area contributed by atoms with Gasteiger partial charge in [-0.15, -0.1) is 0 Å². The molecule has 0 saturated carbocycles. The summed E-state index contributed by atoms with van der Waals surface area (Å²) in [6.07, 6.45) is 0. The van der Waals surface area contributed by atoms with E-state index in [9.17, 15) is 13.2 Å². The minimum Gasteiger partial charge on any atom is -0.351 e. The van der Waals surface area contributed by atoms with Gasteiger partial charge < -0.3 is 9.88 Å². The zero-order chi connectivity index (χ0) is 20.8. The van der Waals surface area contributed by atoms with Gasteiger partial charge in [-0.25, -0.2) is 8.42 Å². The molecule has 1 N–H and O–H groups in total. The Morgan fingerprint density at radius 2 is 1.55 bits per heavy atom. The van der Waals surface area contributed by atoms with E-state index in [0.717, 1.165) is 10.9 Å². The summed E-state index contributed by atoms with van der Waals surface area (Å²) in [4.78, 5) is 17.5. The van der Waals surface area contributed by atoms with Gasteiger partial charge in [0.2, 0.25) is 10.0 Å². The number of nitrogens with one attached hydrogen (secondary N) is 1. The highest BCUT2D eigenvalue weighted by molar-refractivity contribution is 7.89. The maximum Gasteiger partial charge on any atom is 0.270 e. The molecule has 3 aromatic rings. The second kappa shape index (κ2) is 7.81. The number of amides is 1. The first-order valence-corrected chi connectivity index (χ1v) is 11.4. The number of carbonyl (C=O) groups excluding carboxylic acids is 1. The molecule has 29 heavy (non-hydrogen) atoms. The Kier molecular flexibility index (Phi) is 5.52. The van der Waals surface area contributed by atoms with E-state index in [2.05, 4.69) is 4.98 Å². The predicted octanol–water partition coefficient (Wildman–Crippen LogP) is 4.27. The molecule has 1 aromatic heterocycles. The molecule has 0 unspecified atom stereocenters. The number of benzene rings is 2. The summed E-state index contributed by atoms with van der Waals surface area (Å²) in [5.41, 5.74) is 1.26. The first-order valence-electron chi connectivity index (χ1n) is 8.78. The van der Waals surface area contributed by atoms with E-state index in [4.69, 9.17) is 34.8 Å². The average molecular weight is 473 g/mol. The van der Waals surface area contributed by atoms with Crippen LogP contribution >= 0.6 is 34.8 Å². The van der Waals surface area contributed by atoms with Crippen LogP contribution in [0.25, 0.3) is 10.9 Å². The van der Waals surface area contributed by atoms with Crippen LogP contribution in [0.3, 0.4) is 0 Å². The number of aromatic nitrogens is 1. The topological polar surface area (TPSA) is 73.5 Å². The monoisotopic (exact) mass is 471 g/mol. The molecule has 0 spiro atoms. The third-order valence-corrected chi connectivity index (χ3v) is 7.70. The molecule has 1 aliphatic rings. The second-order valence-electron chi connectivity index (χ2n) is 6.69. The van der Waals surface area contributed by atoms with Gasteiger partial charge in [0.25, 0.3) is 5.91 Å². The van der Waals surface area contributed by atoms with Crippen molar-refractivity contribution in [3.05, 3.63) is 63.2 Å². The van der Waals surface area contributed by atoms with E-state index in [1.807, 2.05) is 6.07 Å². The number of rotatable bonds is 3. The second-order valence-corrected chi connectivity index (χ2v) is 9.87. The smallest absolute Gasteiger partial charge is 0.270 e. The number of hydrogen-bond donors (Lipinski definition) is 1. The van der Waals surface area contributed by atoms with Gasteiger partial charge in [0.05, 0.1) is 5.02 Å². The molecule has 4 rings (SSSR count).